The third kappa shape index (κ3) is 7.13. The van der Waals surface area contributed by atoms with Gasteiger partial charge in [-0.3, -0.25) is 10.2 Å². The quantitative estimate of drug-likeness (QED) is 0.243. The maximum atomic E-state index is 13.7. The van der Waals surface area contributed by atoms with Gasteiger partial charge in [-0.25, -0.2) is 8.93 Å². The van der Waals surface area contributed by atoms with E-state index in [0.717, 1.165) is 36.0 Å². The van der Waals surface area contributed by atoms with Gasteiger partial charge >= 0.3 is 0 Å². The molecular weight excluding hydrogens is 482 g/mol. The second-order valence-corrected chi connectivity index (χ2v) is 10.7. The van der Waals surface area contributed by atoms with Crippen LogP contribution in [0, 0.1) is 11.3 Å². The number of rotatable bonds is 10. The Balaban J connectivity index is 1.55. The molecule has 0 saturated carbocycles. The summed E-state index contributed by atoms with van der Waals surface area (Å²) >= 11 is 0. The summed E-state index contributed by atoms with van der Waals surface area (Å²) in [5, 5.41) is 7.76. The van der Waals surface area contributed by atoms with Crippen molar-refractivity contribution in [2.45, 2.75) is 36.6 Å². The first kappa shape index (κ1) is 26.7. The van der Waals surface area contributed by atoms with E-state index in [4.69, 9.17) is 16.9 Å². The molecule has 1 fully saturated rings. The van der Waals surface area contributed by atoms with Gasteiger partial charge in [0.05, 0.1) is 4.90 Å². The van der Waals surface area contributed by atoms with E-state index < -0.39 is 17.0 Å². The minimum Gasteiger partial charge on any atom is -0.384 e. The van der Waals surface area contributed by atoms with Crippen LogP contribution in [0.3, 0.4) is 0 Å². The van der Waals surface area contributed by atoms with Crippen LogP contribution in [-0.4, -0.2) is 46.5 Å². The van der Waals surface area contributed by atoms with Crippen LogP contribution >= 0.6 is 0 Å². The van der Waals surface area contributed by atoms with Gasteiger partial charge in [0, 0.05) is 18.7 Å². The monoisotopic (exact) mass is 517 g/mol. The maximum absolute atomic E-state index is 13.7. The lowest BCUT2D eigenvalue weighted by Crippen LogP contribution is -2.50. The molecule has 1 saturated heterocycles. The third-order valence-corrected chi connectivity index (χ3v) is 8.06. The number of carbonyl (C=O) groups is 1. The lowest BCUT2D eigenvalue weighted by Gasteiger charge is -2.34. The Morgan fingerprint density at radius 3 is 2.41 bits per heavy atom. The molecule has 7 nitrogen and oxygen atoms in total. The molecule has 194 valence electrons. The van der Waals surface area contributed by atoms with Crippen LogP contribution in [0.5, 0.6) is 0 Å². The fraction of sp³-hybridized carbons (Fsp3) is 0.310. The lowest BCUT2D eigenvalue weighted by molar-refractivity contribution is -0.134. The second-order valence-electron chi connectivity index (χ2n) is 9.50. The smallest absolute Gasteiger partial charge is 0.241 e. The number of hydrogen-bond acceptors (Lipinski definition) is 4. The number of nitrogens with two attached hydrogens (primary N) is 2. The molecular formula is C29H35N5O2S. The molecule has 0 bridgehead atoms. The van der Waals surface area contributed by atoms with Crippen molar-refractivity contribution in [1.82, 2.24) is 9.62 Å². The molecule has 6 N–H and O–H groups in total. The highest BCUT2D eigenvalue weighted by molar-refractivity contribution is 7.83. The van der Waals surface area contributed by atoms with Gasteiger partial charge in [-0.05, 0) is 73.0 Å². The molecule has 1 heterocycles. The van der Waals surface area contributed by atoms with Gasteiger partial charge in [0.1, 0.15) is 22.9 Å². The highest BCUT2D eigenvalue weighted by Gasteiger charge is 2.29. The molecule has 1 aliphatic rings. The highest BCUT2D eigenvalue weighted by atomic mass is 32.2. The molecule has 1 aliphatic heterocycles. The van der Waals surface area contributed by atoms with Gasteiger partial charge < -0.3 is 16.4 Å². The number of hydrogen-bond donors (Lipinski definition) is 4. The molecule has 37 heavy (non-hydrogen) atoms. The molecule has 8 heteroatoms. The Kier molecular flexibility index (Phi) is 9.22. The van der Waals surface area contributed by atoms with Gasteiger partial charge in [0.2, 0.25) is 5.91 Å². The fourth-order valence-electron chi connectivity index (χ4n) is 4.80. The normalized spacial score (nSPS) is 15.8. The van der Waals surface area contributed by atoms with E-state index >= 15 is 0 Å². The van der Waals surface area contributed by atoms with Crippen molar-refractivity contribution in [2.24, 2.45) is 17.4 Å². The first-order valence-electron chi connectivity index (χ1n) is 12.7. The molecule has 4 rings (SSSR count). The zero-order valence-electron chi connectivity index (χ0n) is 20.9. The zero-order valence-corrected chi connectivity index (χ0v) is 21.8. The van der Waals surface area contributed by atoms with Gasteiger partial charge in [-0.2, -0.15) is 0 Å². The molecule has 2 unspecified atom stereocenters. The van der Waals surface area contributed by atoms with Gasteiger partial charge in [0.15, 0.2) is 0 Å². The largest absolute Gasteiger partial charge is 0.384 e. The minimum absolute atomic E-state index is 0.0269. The molecule has 0 radical (unpaired) electrons. The number of benzene rings is 3. The van der Waals surface area contributed by atoms with Crippen molar-refractivity contribution in [3.05, 3.63) is 90.0 Å². The molecule has 3 aromatic rings. The number of carbonyl (C=O) groups excluding carboxylic acids is 1. The Morgan fingerprint density at radius 1 is 1.00 bits per heavy atom. The summed E-state index contributed by atoms with van der Waals surface area (Å²) in [5.74, 6) is 0.454. The minimum atomic E-state index is -1.60. The van der Waals surface area contributed by atoms with Crippen LogP contribution in [0.1, 0.15) is 30.4 Å². The average molecular weight is 518 g/mol. The van der Waals surface area contributed by atoms with E-state index in [-0.39, 0.29) is 11.7 Å². The first-order valence-corrected chi connectivity index (χ1v) is 13.8. The third-order valence-electron chi connectivity index (χ3n) is 6.88. The van der Waals surface area contributed by atoms with Crippen molar-refractivity contribution in [1.29, 1.82) is 5.41 Å². The number of piperidine rings is 1. The number of nitrogens with one attached hydrogen (secondary N) is 2. The zero-order chi connectivity index (χ0) is 26.2. The van der Waals surface area contributed by atoms with Gasteiger partial charge in [-0.15, -0.1) is 0 Å². The highest BCUT2D eigenvalue weighted by Crippen LogP contribution is 2.23. The summed E-state index contributed by atoms with van der Waals surface area (Å²) in [7, 11) is -1.60. The summed E-state index contributed by atoms with van der Waals surface area (Å²) in [6.45, 7) is 2.01. The van der Waals surface area contributed by atoms with Crippen molar-refractivity contribution in [3.63, 3.8) is 0 Å². The molecule has 3 aromatic carbocycles. The van der Waals surface area contributed by atoms with Gasteiger partial charge in [0.25, 0.3) is 0 Å². The predicted molar refractivity (Wildman–Crippen MR) is 149 cm³/mol. The standard InChI is InChI=1S/C29H35N5O2S/c30-15-12-21-13-16-34(17-14-21)29(35)27(19-22-6-4-10-25(18-22)28(31)32)33-37(36)26-11-5-9-24(20-26)23-7-2-1-3-8-23/h1-11,18,20-21,27,33H,12-17,19,30H2,(H3,31,32). The maximum Gasteiger partial charge on any atom is 0.241 e. The number of nitrogens with zero attached hydrogens (tertiary/aromatic N) is 1. The number of nitrogen functional groups attached to an aromatic ring is 1. The second kappa shape index (κ2) is 12.8. The lowest BCUT2D eigenvalue weighted by atomic mass is 9.93. The number of amides is 1. The molecule has 1 amide bonds. The van der Waals surface area contributed by atoms with Crippen LogP contribution in [-0.2, 0) is 22.2 Å². The summed E-state index contributed by atoms with van der Waals surface area (Å²) < 4.78 is 16.6. The summed E-state index contributed by atoms with van der Waals surface area (Å²) in [6, 6.07) is 24.1. The predicted octanol–water partition coefficient (Wildman–Crippen LogP) is 3.45. The van der Waals surface area contributed by atoms with Crippen LogP contribution in [0.4, 0.5) is 0 Å². The Bertz CT molecular complexity index is 1240. The Hall–Kier alpha value is -3.33. The molecule has 0 aromatic heterocycles. The van der Waals surface area contributed by atoms with Crippen LogP contribution in [0.2, 0.25) is 0 Å². The van der Waals surface area contributed by atoms with E-state index in [1.807, 2.05) is 77.7 Å². The van der Waals surface area contributed by atoms with Crippen molar-refractivity contribution in [2.75, 3.05) is 19.6 Å². The van der Waals surface area contributed by atoms with E-state index in [1.165, 1.54) is 0 Å². The number of likely N-dealkylation sites (tertiary alicyclic amines) is 1. The first-order chi connectivity index (χ1) is 17.9. The van der Waals surface area contributed by atoms with E-state index in [1.54, 1.807) is 6.07 Å². The van der Waals surface area contributed by atoms with Crippen molar-refractivity contribution >= 4 is 22.7 Å². The summed E-state index contributed by atoms with van der Waals surface area (Å²) in [6.07, 6.45) is 3.17. The summed E-state index contributed by atoms with van der Waals surface area (Å²) in [4.78, 5) is 16.2. The molecule has 0 spiro atoms. The van der Waals surface area contributed by atoms with Crippen molar-refractivity contribution < 1.29 is 9.00 Å². The SMILES string of the molecule is N=C(N)c1cccc(CC(NS(=O)c2cccc(-c3ccccc3)c2)C(=O)N2CCC(CCN)CC2)c1. The molecule has 2 atom stereocenters. The molecule has 0 aliphatic carbocycles. The number of amidine groups is 1. The van der Waals surface area contributed by atoms with Crippen LogP contribution < -0.4 is 16.2 Å². The fourth-order valence-corrected chi connectivity index (χ4v) is 5.81. The van der Waals surface area contributed by atoms with E-state index in [2.05, 4.69) is 4.72 Å². The average Bonchev–Trinajstić information content (AvgIpc) is 2.93. The van der Waals surface area contributed by atoms with Crippen LogP contribution in [0.15, 0.2) is 83.8 Å². The Labute approximate surface area is 221 Å². The summed E-state index contributed by atoms with van der Waals surface area (Å²) in [5.41, 5.74) is 14.9. The van der Waals surface area contributed by atoms with Crippen LogP contribution in [0.25, 0.3) is 11.1 Å². The van der Waals surface area contributed by atoms with Gasteiger partial charge in [-0.1, -0.05) is 60.7 Å². The topological polar surface area (TPSA) is 125 Å². The van der Waals surface area contributed by atoms with E-state index in [0.29, 0.717) is 42.4 Å². The Morgan fingerprint density at radius 2 is 1.70 bits per heavy atom. The van der Waals surface area contributed by atoms with Crippen molar-refractivity contribution in [3.8, 4) is 11.1 Å². The van der Waals surface area contributed by atoms with E-state index in [9.17, 15) is 9.00 Å².